The van der Waals surface area contributed by atoms with Gasteiger partial charge < -0.3 is 5.32 Å². The van der Waals surface area contributed by atoms with Crippen LogP contribution in [0.15, 0.2) is 23.1 Å². The average Bonchev–Trinajstić information content (AvgIpc) is 2.93. The fourth-order valence-corrected chi connectivity index (χ4v) is 4.14. The molecule has 2 N–H and O–H groups in total. The Bertz CT molecular complexity index is 660. The highest BCUT2D eigenvalue weighted by Gasteiger charge is 2.26. The number of hydrogen-bond donors (Lipinski definition) is 2. The molecule has 0 aliphatic heterocycles. The molecule has 1 unspecified atom stereocenters. The molecule has 0 radical (unpaired) electrons. The zero-order valence-corrected chi connectivity index (χ0v) is 13.7. The standard InChI is InChI=1S/C14H18ClFN2O3S/c1-9(14(19)17-11-4-2-3-5-11)18-22(20,21)13-8-10(16)6-7-12(13)15/h6-9,11,18H,2-5H2,1H3,(H,17,19). The van der Waals surface area contributed by atoms with Crippen LogP contribution in [0.1, 0.15) is 32.6 Å². The van der Waals surface area contributed by atoms with Gasteiger partial charge in [-0.05, 0) is 38.0 Å². The van der Waals surface area contributed by atoms with Crippen LogP contribution < -0.4 is 10.0 Å². The Morgan fingerprint density at radius 1 is 1.36 bits per heavy atom. The Morgan fingerprint density at radius 3 is 2.64 bits per heavy atom. The molecule has 2 rings (SSSR count). The predicted molar refractivity (Wildman–Crippen MR) is 81.6 cm³/mol. The summed E-state index contributed by atoms with van der Waals surface area (Å²) in [6, 6.07) is 2.18. The van der Waals surface area contributed by atoms with Crippen LogP contribution in [0.4, 0.5) is 4.39 Å². The van der Waals surface area contributed by atoms with Gasteiger partial charge in [0.1, 0.15) is 10.7 Å². The van der Waals surface area contributed by atoms with E-state index in [0.717, 1.165) is 43.9 Å². The topological polar surface area (TPSA) is 75.3 Å². The highest BCUT2D eigenvalue weighted by molar-refractivity contribution is 7.89. The molecule has 122 valence electrons. The molecule has 1 aromatic rings. The summed E-state index contributed by atoms with van der Waals surface area (Å²) >= 11 is 5.79. The molecule has 22 heavy (non-hydrogen) atoms. The first-order chi connectivity index (χ1) is 10.3. The van der Waals surface area contributed by atoms with Crippen molar-refractivity contribution in [1.82, 2.24) is 10.0 Å². The molecule has 1 fully saturated rings. The van der Waals surface area contributed by atoms with Gasteiger partial charge >= 0.3 is 0 Å². The van der Waals surface area contributed by atoms with E-state index < -0.39 is 27.8 Å². The molecule has 5 nitrogen and oxygen atoms in total. The van der Waals surface area contributed by atoms with E-state index in [4.69, 9.17) is 11.6 Å². The van der Waals surface area contributed by atoms with Gasteiger partial charge in [-0.1, -0.05) is 24.4 Å². The van der Waals surface area contributed by atoms with Gasteiger partial charge in [0, 0.05) is 6.04 Å². The SMILES string of the molecule is CC(NS(=O)(=O)c1cc(F)ccc1Cl)C(=O)NC1CCCC1. The lowest BCUT2D eigenvalue weighted by Gasteiger charge is -2.18. The second kappa shape index (κ2) is 6.93. The minimum Gasteiger partial charge on any atom is -0.352 e. The van der Waals surface area contributed by atoms with Crippen molar-refractivity contribution in [3.05, 3.63) is 29.0 Å². The third kappa shape index (κ3) is 4.18. The number of halogens is 2. The average molecular weight is 349 g/mol. The van der Waals surface area contributed by atoms with Gasteiger partial charge in [-0.25, -0.2) is 12.8 Å². The normalized spacial score (nSPS) is 17.4. The fourth-order valence-electron chi connectivity index (χ4n) is 2.43. The summed E-state index contributed by atoms with van der Waals surface area (Å²) in [5.41, 5.74) is 0. The Morgan fingerprint density at radius 2 is 2.00 bits per heavy atom. The van der Waals surface area contributed by atoms with Crippen molar-refractivity contribution < 1.29 is 17.6 Å². The van der Waals surface area contributed by atoms with Gasteiger partial charge in [0.15, 0.2) is 0 Å². The summed E-state index contributed by atoms with van der Waals surface area (Å²) < 4.78 is 39.9. The number of carbonyl (C=O) groups is 1. The fraction of sp³-hybridized carbons (Fsp3) is 0.500. The summed E-state index contributed by atoms with van der Waals surface area (Å²) in [6.45, 7) is 1.44. The Kier molecular flexibility index (Phi) is 5.41. The molecule has 0 heterocycles. The number of rotatable bonds is 5. The van der Waals surface area contributed by atoms with E-state index in [1.807, 2.05) is 0 Å². The molecule has 0 saturated heterocycles. The molecule has 0 spiro atoms. The second-order valence-electron chi connectivity index (χ2n) is 5.41. The minimum atomic E-state index is -4.07. The van der Waals surface area contributed by atoms with Crippen molar-refractivity contribution in [2.24, 2.45) is 0 Å². The maximum absolute atomic E-state index is 13.2. The number of sulfonamides is 1. The molecule has 0 aromatic heterocycles. The first-order valence-corrected chi connectivity index (χ1v) is 8.93. The quantitative estimate of drug-likeness (QED) is 0.856. The van der Waals surface area contributed by atoms with Crippen LogP contribution in [0.3, 0.4) is 0 Å². The number of benzene rings is 1. The maximum Gasteiger partial charge on any atom is 0.242 e. The van der Waals surface area contributed by atoms with Crippen LogP contribution in [0.2, 0.25) is 5.02 Å². The van der Waals surface area contributed by atoms with Gasteiger partial charge in [0.05, 0.1) is 11.1 Å². The molecule has 1 aromatic carbocycles. The van der Waals surface area contributed by atoms with E-state index in [1.165, 1.54) is 6.92 Å². The van der Waals surface area contributed by atoms with E-state index in [0.29, 0.717) is 0 Å². The van der Waals surface area contributed by atoms with Crippen LogP contribution in [0, 0.1) is 5.82 Å². The van der Waals surface area contributed by atoms with E-state index in [-0.39, 0.29) is 16.0 Å². The molecular formula is C14H18ClFN2O3S. The minimum absolute atomic E-state index is 0.0946. The van der Waals surface area contributed by atoms with Crippen LogP contribution in [-0.4, -0.2) is 26.4 Å². The Hall–Kier alpha value is -1.18. The third-order valence-electron chi connectivity index (χ3n) is 3.61. The van der Waals surface area contributed by atoms with Crippen molar-refractivity contribution in [2.75, 3.05) is 0 Å². The lowest BCUT2D eigenvalue weighted by molar-refractivity contribution is -0.123. The monoisotopic (exact) mass is 348 g/mol. The first kappa shape index (κ1) is 17.2. The van der Waals surface area contributed by atoms with Crippen molar-refractivity contribution in [3.8, 4) is 0 Å². The summed E-state index contributed by atoms with van der Waals surface area (Å²) in [6.07, 6.45) is 3.93. The lowest BCUT2D eigenvalue weighted by Crippen LogP contribution is -2.47. The molecule has 1 saturated carbocycles. The zero-order chi connectivity index (χ0) is 16.3. The summed E-state index contributed by atoms with van der Waals surface area (Å²) in [5, 5.41) is 2.71. The van der Waals surface area contributed by atoms with Crippen molar-refractivity contribution in [1.29, 1.82) is 0 Å². The molecule has 8 heteroatoms. The second-order valence-corrected chi connectivity index (χ2v) is 7.50. The maximum atomic E-state index is 13.2. The van der Waals surface area contributed by atoms with Gasteiger partial charge in [-0.15, -0.1) is 0 Å². The number of nitrogens with one attached hydrogen (secondary N) is 2. The molecule has 1 aliphatic rings. The molecule has 0 bridgehead atoms. The van der Waals surface area contributed by atoms with Gasteiger partial charge in [0.25, 0.3) is 0 Å². The van der Waals surface area contributed by atoms with Crippen molar-refractivity contribution >= 4 is 27.5 Å². The van der Waals surface area contributed by atoms with Crippen LogP contribution in [-0.2, 0) is 14.8 Å². The van der Waals surface area contributed by atoms with E-state index in [1.54, 1.807) is 0 Å². The Balaban J connectivity index is 2.07. The largest absolute Gasteiger partial charge is 0.352 e. The van der Waals surface area contributed by atoms with E-state index in [2.05, 4.69) is 10.0 Å². The number of hydrogen-bond acceptors (Lipinski definition) is 3. The van der Waals surface area contributed by atoms with Gasteiger partial charge in [0.2, 0.25) is 15.9 Å². The van der Waals surface area contributed by atoms with Crippen LogP contribution in [0.25, 0.3) is 0 Å². The summed E-state index contributed by atoms with van der Waals surface area (Å²) in [4.78, 5) is 11.6. The van der Waals surface area contributed by atoms with E-state index in [9.17, 15) is 17.6 Å². The third-order valence-corrected chi connectivity index (χ3v) is 5.63. The van der Waals surface area contributed by atoms with E-state index >= 15 is 0 Å². The molecule has 1 atom stereocenters. The summed E-state index contributed by atoms with van der Waals surface area (Å²) in [7, 11) is -4.07. The Labute approximate surface area is 134 Å². The van der Waals surface area contributed by atoms with Gasteiger partial charge in [-0.2, -0.15) is 4.72 Å². The highest BCUT2D eigenvalue weighted by atomic mass is 35.5. The van der Waals surface area contributed by atoms with Gasteiger partial charge in [-0.3, -0.25) is 4.79 Å². The van der Waals surface area contributed by atoms with Crippen molar-refractivity contribution in [3.63, 3.8) is 0 Å². The smallest absolute Gasteiger partial charge is 0.242 e. The number of amides is 1. The van der Waals surface area contributed by atoms with Crippen LogP contribution in [0.5, 0.6) is 0 Å². The van der Waals surface area contributed by atoms with Crippen molar-refractivity contribution in [2.45, 2.75) is 49.6 Å². The highest BCUT2D eigenvalue weighted by Crippen LogP contribution is 2.22. The first-order valence-electron chi connectivity index (χ1n) is 7.07. The predicted octanol–water partition coefficient (Wildman–Crippen LogP) is 2.20. The van der Waals surface area contributed by atoms with Crippen LogP contribution >= 0.6 is 11.6 Å². The number of carbonyl (C=O) groups excluding carboxylic acids is 1. The summed E-state index contributed by atoms with van der Waals surface area (Å²) in [5.74, 6) is -1.11. The molecule has 1 amide bonds. The molecular weight excluding hydrogens is 331 g/mol. The zero-order valence-electron chi connectivity index (χ0n) is 12.1. The molecule has 1 aliphatic carbocycles. The lowest BCUT2D eigenvalue weighted by atomic mass is 10.2.